The summed E-state index contributed by atoms with van der Waals surface area (Å²) in [6.45, 7) is 7.29. The Hall–Kier alpha value is -4.34. The van der Waals surface area contributed by atoms with E-state index in [1.54, 1.807) is 52.1 Å². The molecule has 1 unspecified atom stereocenters. The molecule has 3 aliphatic heterocycles. The Kier molecular flexibility index (Phi) is 14.6. The van der Waals surface area contributed by atoms with Gasteiger partial charge in [-0.15, -0.1) is 0 Å². The maximum atomic E-state index is 14.1. The van der Waals surface area contributed by atoms with Gasteiger partial charge in [-0.3, -0.25) is 14.9 Å². The number of azide groups is 1. The molecule has 1 aromatic carbocycles. The van der Waals surface area contributed by atoms with Gasteiger partial charge in [0.25, 0.3) is 0 Å². The second-order valence-electron chi connectivity index (χ2n) is 14.7. The van der Waals surface area contributed by atoms with E-state index in [4.69, 9.17) is 40.8 Å². The van der Waals surface area contributed by atoms with Crippen molar-refractivity contribution in [2.24, 2.45) is 11.0 Å². The lowest BCUT2D eigenvalue weighted by molar-refractivity contribution is -0.162. The van der Waals surface area contributed by atoms with Crippen LogP contribution in [-0.2, 0) is 39.8 Å². The predicted molar refractivity (Wildman–Crippen MR) is 203 cm³/mol. The third-order valence-electron chi connectivity index (χ3n) is 10.7. The van der Waals surface area contributed by atoms with Gasteiger partial charge in [0.2, 0.25) is 11.8 Å². The molecule has 0 radical (unpaired) electrons. The average molecular weight is 789 g/mol. The molecule has 0 aromatic heterocycles. The second kappa shape index (κ2) is 18.5. The molecular weight excluding hydrogens is 736 g/mol. The Morgan fingerprint density at radius 2 is 1.98 bits per heavy atom. The topological polar surface area (TPSA) is 205 Å². The van der Waals surface area contributed by atoms with Crippen molar-refractivity contribution in [2.45, 2.75) is 114 Å². The van der Waals surface area contributed by atoms with Gasteiger partial charge in [-0.05, 0) is 63.3 Å². The zero-order valence-electron chi connectivity index (χ0n) is 32.7. The first kappa shape index (κ1) is 43.4. The molecule has 3 aliphatic rings. The smallest absolute Gasteiger partial charge is 0.409 e. The zero-order chi connectivity index (χ0) is 40.7. The lowest BCUT2D eigenvalue weighted by Crippen LogP contribution is -2.63. The molecule has 2 fully saturated rings. The molecule has 4 bridgehead atoms. The van der Waals surface area contributed by atoms with Crippen LogP contribution in [0.15, 0.2) is 41.0 Å². The highest BCUT2D eigenvalue weighted by Gasteiger charge is 2.64. The lowest BCUT2D eigenvalue weighted by atomic mass is 9.83. The van der Waals surface area contributed by atoms with Crippen LogP contribution in [0.3, 0.4) is 0 Å². The number of carbonyl (C=O) groups is 4. The minimum atomic E-state index is -1.84. The van der Waals surface area contributed by atoms with Crippen LogP contribution in [0.4, 0.5) is 10.5 Å². The monoisotopic (exact) mass is 788 g/mol. The van der Waals surface area contributed by atoms with Crippen molar-refractivity contribution in [3.05, 3.63) is 57.0 Å². The summed E-state index contributed by atoms with van der Waals surface area (Å²) in [6, 6.07) is 2.56. The van der Waals surface area contributed by atoms with Crippen molar-refractivity contribution in [2.75, 3.05) is 39.8 Å². The van der Waals surface area contributed by atoms with Crippen molar-refractivity contribution in [1.82, 2.24) is 10.2 Å². The zero-order valence-corrected chi connectivity index (χ0v) is 33.5. The standard InChI is InChI=1S/C38H53ClN6O10/c1-22-13-12-14-29(52-8)38(50)21-28(53-36(49)42-38)23(2)34-37(4,55-34)30(20-32(47)45(6)26-18-25(17-22)19-27(51-7)33(26)39)54-35(48)24(3)44(5)31(46)15-10-9-11-16-41-43-40/h12-14,18-19,23-24,28-30,34,50H,9-11,15-17,20-21H2,1-8H3,(H,42,49)/b14-12+,22-13+/t23-,24+,28+,29?,30+,34+,37-,38+/m1/s1. The minimum Gasteiger partial charge on any atom is -0.495 e. The molecule has 2 saturated heterocycles. The van der Waals surface area contributed by atoms with Gasteiger partial charge in [-0.1, -0.05) is 53.9 Å². The highest BCUT2D eigenvalue weighted by atomic mass is 35.5. The van der Waals surface area contributed by atoms with E-state index in [1.807, 2.05) is 13.0 Å². The van der Waals surface area contributed by atoms with E-state index in [1.165, 1.54) is 31.1 Å². The quantitative estimate of drug-likeness (QED) is 0.0731. The molecule has 3 amide bonds. The number of allylic oxidation sites excluding steroid dienone is 3. The number of epoxide rings is 1. The number of amides is 3. The van der Waals surface area contributed by atoms with E-state index in [0.29, 0.717) is 43.7 Å². The molecule has 4 rings (SSSR count). The number of likely N-dealkylation sites (N-methyl/N-ethyl adjacent to an activating group) is 1. The van der Waals surface area contributed by atoms with Crippen LogP contribution in [0, 0.1) is 5.92 Å². The van der Waals surface area contributed by atoms with Crippen LogP contribution < -0.4 is 15.0 Å². The summed E-state index contributed by atoms with van der Waals surface area (Å²) in [4.78, 5) is 59.2. The Morgan fingerprint density at radius 1 is 1.25 bits per heavy atom. The number of carbonyl (C=O) groups excluding carboxylic acids is 4. The summed E-state index contributed by atoms with van der Waals surface area (Å²) >= 11 is 6.76. The molecule has 3 heterocycles. The van der Waals surface area contributed by atoms with Crippen LogP contribution in [0.1, 0.15) is 71.8 Å². The molecule has 8 atom stereocenters. The van der Waals surface area contributed by atoms with Crippen LogP contribution in [0.2, 0.25) is 5.02 Å². The molecule has 16 nitrogen and oxygen atoms in total. The molecule has 0 aliphatic carbocycles. The molecule has 0 saturated carbocycles. The molecule has 0 spiro atoms. The second-order valence-corrected chi connectivity index (χ2v) is 15.0. The third kappa shape index (κ3) is 10.3. The molecule has 302 valence electrons. The van der Waals surface area contributed by atoms with Gasteiger partial charge in [-0.2, -0.15) is 0 Å². The Bertz CT molecular complexity index is 1720. The summed E-state index contributed by atoms with van der Waals surface area (Å²) in [6.07, 6.45) is 2.84. The van der Waals surface area contributed by atoms with Crippen molar-refractivity contribution in [1.29, 1.82) is 0 Å². The summed E-state index contributed by atoms with van der Waals surface area (Å²) in [5.41, 5.74) is 7.48. The van der Waals surface area contributed by atoms with E-state index in [9.17, 15) is 24.3 Å². The molecule has 1 aromatic rings. The van der Waals surface area contributed by atoms with Crippen LogP contribution in [-0.4, -0.2) is 111 Å². The van der Waals surface area contributed by atoms with Crippen molar-refractivity contribution < 1.29 is 48.0 Å². The Morgan fingerprint density at radius 3 is 2.65 bits per heavy atom. The largest absolute Gasteiger partial charge is 0.495 e. The number of nitrogens with one attached hydrogen (secondary N) is 1. The maximum absolute atomic E-state index is 14.1. The number of hydrogen-bond donors (Lipinski definition) is 2. The fourth-order valence-electron chi connectivity index (χ4n) is 7.07. The first-order chi connectivity index (χ1) is 26.0. The van der Waals surface area contributed by atoms with Crippen molar-refractivity contribution in [3.8, 4) is 5.75 Å². The number of hydrogen-bond acceptors (Lipinski definition) is 11. The van der Waals surface area contributed by atoms with Crippen molar-refractivity contribution in [3.63, 3.8) is 0 Å². The highest BCUT2D eigenvalue weighted by molar-refractivity contribution is 6.35. The number of anilines is 1. The summed E-state index contributed by atoms with van der Waals surface area (Å²) in [7, 11) is 5.98. The van der Waals surface area contributed by atoms with Gasteiger partial charge in [0.15, 0.2) is 5.72 Å². The number of methoxy groups -OCH3 is 2. The van der Waals surface area contributed by atoms with Crippen LogP contribution >= 0.6 is 11.6 Å². The van der Waals surface area contributed by atoms with E-state index < -0.39 is 65.7 Å². The van der Waals surface area contributed by atoms with E-state index in [0.717, 1.165) is 11.1 Å². The Labute approximate surface area is 326 Å². The highest BCUT2D eigenvalue weighted by Crippen LogP contribution is 2.49. The average Bonchev–Trinajstić information content (AvgIpc) is 3.84. The summed E-state index contributed by atoms with van der Waals surface area (Å²) in [5.74, 6) is -1.65. The number of halogens is 1. The predicted octanol–water partition coefficient (Wildman–Crippen LogP) is 5.39. The number of alkyl carbamates (subject to hydrolysis) is 1. The maximum Gasteiger partial charge on any atom is 0.409 e. The van der Waals surface area contributed by atoms with Crippen LogP contribution in [0.25, 0.3) is 10.4 Å². The summed E-state index contributed by atoms with van der Waals surface area (Å²) in [5, 5.41) is 18.0. The number of rotatable bonds is 11. The number of benzene rings is 1. The number of ether oxygens (including phenoxy) is 5. The van der Waals surface area contributed by atoms with Gasteiger partial charge in [0, 0.05) is 51.4 Å². The van der Waals surface area contributed by atoms with E-state index >= 15 is 0 Å². The third-order valence-corrected chi connectivity index (χ3v) is 11.1. The van der Waals surface area contributed by atoms with Gasteiger partial charge >= 0.3 is 12.1 Å². The normalized spacial score (nSPS) is 30.3. The van der Waals surface area contributed by atoms with E-state index in [-0.39, 0.29) is 30.2 Å². The number of aliphatic hydroxyl groups is 1. The number of unbranched alkanes of at least 4 members (excludes halogenated alkanes) is 2. The Balaban J connectivity index is 1.68. The summed E-state index contributed by atoms with van der Waals surface area (Å²) < 4.78 is 29.2. The van der Waals surface area contributed by atoms with E-state index in [2.05, 4.69) is 15.3 Å². The SMILES string of the molecule is COc1cc2cc(c1Cl)N(C)C(=O)C[C@H](OC(=O)[C@H](C)N(C)C(=O)CCCCCN=[N+]=[N-])[C@@]1(C)O[C@H]1[C@H](C)[C@@H]1C[C@@](O)(NC(=O)O1)C(OC)/C=C/C=C(\C)C2. The van der Waals surface area contributed by atoms with Gasteiger partial charge in [0.1, 0.15) is 40.7 Å². The molecule has 55 heavy (non-hydrogen) atoms. The fraction of sp³-hybridized carbons (Fsp3) is 0.632. The number of fused-ring (bicyclic) bond motifs is 5. The fourth-order valence-corrected chi connectivity index (χ4v) is 7.39. The molecule has 17 heteroatoms. The van der Waals surface area contributed by atoms with Crippen LogP contribution in [0.5, 0.6) is 5.75 Å². The molecular formula is C38H53ClN6O10. The first-order valence-electron chi connectivity index (χ1n) is 18.3. The minimum absolute atomic E-state index is 0.0624. The molecule has 2 N–H and O–H groups in total. The number of esters is 1. The first-order valence-corrected chi connectivity index (χ1v) is 18.7. The lowest BCUT2D eigenvalue weighted by Gasteiger charge is -2.42. The van der Waals surface area contributed by atoms with Gasteiger partial charge in [-0.25, -0.2) is 9.59 Å². The number of nitrogens with zero attached hydrogens (tertiary/aromatic N) is 5. The van der Waals surface area contributed by atoms with Crippen molar-refractivity contribution >= 4 is 41.2 Å². The van der Waals surface area contributed by atoms with Gasteiger partial charge < -0.3 is 38.6 Å². The van der Waals surface area contributed by atoms with Gasteiger partial charge in [0.05, 0.1) is 25.3 Å².